The molecule has 7 rings (SSSR count). The average molecular weight is 549 g/mol. The van der Waals surface area contributed by atoms with Crippen LogP contribution in [-0.2, 0) is 20.9 Å². The summed E-state index contributed by atoms with van der Waals surface area (Å²) < 4.78 is 4.77. The standard InChI is InChI=1S/C36H40N2O3/c1-37(2)32-14-12-31(13-15-32)30-10-7-26(8-11-30)24-38(33-6-4-5-25(20-33)9-16-34(39)41-3)35(40)36-21-27-17-28(22-36)19-29(18-27)23-36/h4-16,20,27-29H,17-19,21-24H2,1-3H3/b16-9+. The number of hydrogen-bond acceptors (Lipinski definition) is 4. The topological polar surface area (TPSA) is 49.9 Å². The second kappa shape index (κ2) is 11.2. The van der Waals surface area contributed by atoms with Gasteiger partial charge in [0.15, 0.2) is 0 Å². The van der Waals surface area contributed by atoms with E-state index in [4.69, 9.17) is 4.74 Å². The van der Waals surface area contributed by atoms with Gasteiger partial charge in [-0.2, -0.15) is 0 Å². The van der Waals surface area contributed by atoms with Crippen LogP contribution >= 0.6 is 0 Å². The summed E-state index contributed by atoms with van der Waals surface area (Å²) in [6, 6.07) is 25.1. The molecule has 0 aliphatic heterocycles. The van der Waals surface area contributed by atoms with Crippen LogP contribution in [0.3, 0.4) is 0 Å². The van der Waals surface area contributed by atoms with Crippen LogP contribution in [-0.4, -0.2) is 33.1 Å². The van der Waals surface area contributed by atoms with Gasteiger partial charge < -0.3 is 14.5 Å². The lowest BCUT2D eigenvalue weighted by molar-refractivity contribution is -0.143. The van der Waals surface area contributed by atoms with Gasteiger partial charge in [-0.15, -0.1) is 0 Å². The van der Waals surface area contributed by atoms with Crippen molar-refractivity contribution in [2.45, 2.75) is 45.1 Å². The van der Waals surface area contributed by atoms with Crippen LogP contribution in [0.15, 0.2) is 78.9 Å². The van der Waals surface area contributed by atoms with Gasteiger partial charge in [-0.25, -0.2) is 4.79 Å². The summed E-state index contributed by atoms with van der Waals surface area (Å²) in [7, 11) is 5.47. The minimum absolute atomic E-state index is 0.249. The Morgan fingerprint density at radius 3 is 1.98 bits per heavy atom. The fourth-order valence-electron chi connectivity index (χ4n) is 7.91. The summed E-state index contributed by atoms with van der Waals surface area (Å²) in [5.41, 5.74) is 6.11. The molecule has 4 aliphatic rings. The highest BCUT2D eigenvalue weighted by Gasteiger charge is 2.55. The summed E-state index contributed by atoms with van der Waals surface area (Å²) in [6.07, 6.45) is 10.2. The van der Waals surface area contributed by atoms with E-state index in [-0.39, 0.29) is 11.3 Å². The quantitative estimate of drug-likeness (QED) is 0.218. The molecule has 0 unspecified atom stereocenters. The van der Waals surface area contributed by atoms with Crippen molar-refractivity contribution >= 4 is 29.3 Å². The first-order chi connectivity index (χ1) is 19.8. The molecule has 0 heterocycles. The van der Waals surface area contributed by atoms with Gasteiger partial charge in [0.2, 0.25) is 5.91 Å². The second-order valence-corrected chi connectivity index (χ2v) is 12.7. The zero-order valence-electron chi connectivity index (χ0n) is 24.4. The van der Waals surface area contributed by atoms with Crippen LogP contribution in [0, 0.1) is 23.2 Å². The smallest absolute Gasteiger partial charge is 0.330 e. The molecule has 0 atom stereocenters. The van der Waals surface area contributed by atoms with Crippen molar-refractivity contribution in [3.05, 3.63) is 90.0 Å². The van der Waals surface area contributed by atoms with Crippen molar-refractivity contribution in [3.63, 3.8) is 0 Å². The van der Waals surface area contributed by atoms with E-state index in [0.717, 1.165) is 41.6 Å². The Labute approximate surface area is 243 Å². The normalized spacial score (nSPS) is 24.4. The Morgan fingerprint density at radius 1 is 0.829 bits per heavy atom. The van der Waals surface area contributed by atoms with Gasteiger partial charge in [-0.3, -0.25) is 4.79 Å². The Kier molecular flexibility index (Phi) is 7.46. The highest BCUT2D eigenvalue weighted by molar-refractivity contribution is 5.98. The van der Waals surface area contributed by atoms with Crippen molar-refractivity contribution in [1.29, 1.82) is 0 Å². The number of rotatable bonds is 8. The molecule has 0 N–H and O–H groups in total. The molecule has 4 aliphatic carbocycles. The molecule has 212 valence electrons. The third-order valence-corrected chi connectivity index (χ3v) is 9.54. The van der Waals surface area contributed by atoms with Crippen LogP contribution in [0.4, 0.5) is 11.4 Å². The number of esters is 1. The molecule has 1 amide bonds. The number of nitrogens with zero attached hydrogens (tertiary/aromatic N) is 2. The number of carbonyl (C=O) groups is 2. The number of carbonyl (C=O) groups excluding carboxylic acids is 2. The second-order valence-electron chi connectivity index (χ2n) is 12.7. The van der Waals surface area contributed by atoms with Crippen molar-refractivity contribution in [3.8, 4) is 11.1 Å². The summed E-state index contributed by atoms with van der Waals surface area (Å²) in [6.45, 7) is 0.518. The largest absolute Gasteiger partial charge is 0.466 e. The molecule has 0 aromatic heterocycles. The Morgan fingerprint density at radius 2 is 1.41 bits per heavy atom. The van der Waals surface area contributed by atoms with Crippen LogP contribution in [0.5, 0.6) is 0 Å². The number of methoxy groups -OCH3 is 1. The molecule has 5 nitrogen and oxygen atoms in total. The number of ether oxygens (including phenoxy) is 1. The molecule has 3 aromatic carbocycles. The van der Waals surface area contributed by atoms with E-state index >= 15 is 0 Å². The van der Waals surface area contributed by atoms with Crippen molar-refractivity contribution < 1.29 is 14.3 Å². The van der Waals surface area contributed by atoms with Gasteiger partial charge in [0.05, 0.1) is 19.1 Å². The van der Waals surface area contributed by atoms with Gasteiger partial charge >= 0.3 is 5.97 Å². The van der Waals surface area contributed by atoms with E-state index in [1.54, 1.807) is 6.08 Å². The Balaban J connectivity index is 1.30. The van der Waals surface area contributed by atoms with E-state index < -0.39 is 5.97 Å². The molecular formula is C36H40N2O3. The van der Waals surface area contributed by atoms with Gasteiger partial charge in [0.25, 0.3) is 0 Å². The van der Waals surface area contributed by atoms with Crippen LogP contribution in [0.25, 0.3) is 17.2 Å². The predicted octanol–water partition coefficient (Wildman–Crippen LogP) is 7.36. The maximum Gasteiger partial charge on any atom is 0.330 e. The van der Waals surface area contributed by atoms with Gasteiger partial charge in [0, 0.05) is 31.5 Å². The SMILES string of the molecule is COC(=O)/C=C/c1cccc(N(Cc2ccc(-c3ccc(N(C)C)cc3)cc2)C(=O)C23CC4CC(CC(C4)C2)C3)c1. The fourth-order valence-corrected chi connectivity index (χ4v) is 7.91. The third-order valence-electron chi connectivity index (χ3n) is 9.54. The number of amides is 1. The van der Waals surface area contributed by atoms with E-state index in [1.165, 1.54) is 43.7 Å². The maximum atomic E-state index is 14.6. The molecule has 41 heavy (non-hydrogen) atoms. The predicted molar refractivity (Wildman–Crippen MR) is 165 cm³/mol. The average Bonchev–Trinajstić information content (AvgIpc) is 2.98. The van der Waals surface area contributed by atoms with Gasteiger partial charge in [-0.05, 0) is 109 Å². The zero-order valence-corrected chi connectivity index (χ0v) is 24.4. The summed E-state index contributed by atoms with van der Waals surface area (Å²) in [4.78, 5) is 30.5. The van der Waals surface area contributed by atoms with E-state index in [0.29, 0.717) is 24.3 Å². The molecule has 0 radical (unpaired) electrons. The first-order valence-electron chi connectivity index (χ1n) is 14.9. The zero-order chi connectivity index (χ0) is 28.6. The van der Waals surface area contributed by atoms with Gasteiger partial charge in [-0.1, -0.05) is 48.5 Å². The molecular weight excluding hydrogens is 508 g/mol. The third kappa shape index (κ3) is 5.68. The maximum absolute atomic E-state index is 14.6. The van der Waals surface area contributed by atoms with Crippen LogP contribution in [0.1, 0.15) is 49.7 Å². The summed E-state index contributed by atoms with van der Waals surface area (Å²) in [5, 5.41) is 0. The van der Waals surface area contributed by atoms with E-state index in [1.807, 2.05) is 43.3 Å². The van der Waals surface area contributed by atoms with Crippen molar-refractivity contribution in [2.24, 2.45) is 23.2 Å². The highest BCUT2D eigenvalue weighted by atomic mass is 16.5. The van der Waals surface area contributed by atoms with Crippen molar-refractivity contribution in [2.75, 3.05) is 31.0 Å². The monoisotopic (exact) mass is 548 g/mol. The molecule has 3 aromatic rings. The minimum Gasteiger partial charge on any atom is -0.466 e. The summed E-state index contributed by atoms with van der Waals surface area (Å²) in [5.74, 6) is 1.96. The number of benzene rings is 3. The lowest BCUT2D eigenvalue weighted by atomic mass is 9.49. The number of anilines is 2. The summed E-state index contributed by atoms with van der Waals surface area (Å²) >= 11 is 0. The first kappa shape index (κ1) is 27.3. The Bertz CT molecular complexity index is 1400. The molecule has 4 fully saturated rings. The lowest BCUT2D eigenvalue weighted by Crippen LogP contribution is -2.54. The van der Waals surface area contributed by atoms with Gasteiger partial charge in [0.1, 0.15) is 0 Å². The minimum atomic E-state index is -0.395. The highest BCUT2D eigenvalue weighted by Crippen LogP contribution is 2.60. The Hall–Kier alpha value is -3.86. The number of hydrogen-bond donors (Lipinski definition) is 0. The molecule has 0 spiro atoms. The molecule has 4 bridgehead atoms. The van der Waals surface area contributed by atoms with Crippen LogP contribution < -0.4 is 9.80 Å². The lowest BCUT2D eigenvalue weighted by Gasteiger charge is -2.56. The molecule has 0 saturated heterocycles. The van der Waals surface area contributed by atoms with E-state index in [9.17, 15) is 9.59 Å². The fraction of sp³-hybridized carbons (Fsp3) is 0.389. The first-order valence-corrected chi connectivity index (χ1v) is 14.9. The van der Waals surface area contributed by atoms with Crippen LogP contribution in [0.2, 0.25) is 0 Å². The van der Waals surface area contributed by atoms with Crippen molar-refractivity contribution in [1.82, 2.24) is 0 Å². The van der Waals surface area contributed by atoms with E-state index in [2.05, 4.69) is 53.4 Å². The molecule has 4 saturated carbocycles. The molecule has 5 heteroatoms.